The van der Waals surface area contributed by atoms with E-state index in [1.54, 1.807) is 12.1 Å². The minimum Gasteiger partial charge on any atom is -0.349 e. The van der Waals surface area contributed by atoms with Crippen LogP contribution in [0.5, 0.6) is 0 Å². The first-order valence-corrected chi connectivity index (χ1v) is 5.72. The van der Waals surface area contributed by atoms with Crippen LogP contribution in [0.4, 0.5) is 0 Å². The molecule has 0 fully saturated rings. The molecule has 0 radical (unpaired) electrons. The average molecular weight is 234 g/mol. The number of ketones is 1. The summed E-state index contributed by atoms with van der Waals surface area (Å²) in [6.45, 7) is 8.43. The first-order chi connectivity index (χ1) is 8.20. The smallest absolute Gasteiger partial charge is 0.193 e. The van der Waals surface area contributed by atoms with Crippen LogP contribution in [-0.2, 0) is 9.47 Å². The van der Waals surface area contributed by atoms with Crippen molar-refractivity contribution in [1.29, 1.82) is 0 Å². The molecule has 0 heterocycles. The van der Waals surface area contributed by atoms with Crippen molar-refractivity contribution >= 4 is 5.78 Å². The van der Waals surface area contributed by atoms with Crippen molar-refractivity contribution in [1.82, 2.24) is 0 Å². The lowest BCUT2D eigenvalue weighted by molar-refractivity contribution is -0.109. The van der Waals surface area contributed by atoms with Crippen LogP contribution in [0.3, 0.4) is 0 Å². The summed E-state index contributed by atoms with van der Waals surface area (Å²) in [7, 11) is 0. The molecule has 0 bridgehead atoms. The van der Waals surface area contributed by atoms with Gasteiger partial charge in [0, 0.05) is 24.4 Å². The maximum atomic E-state index is 12.1. The van der Waals surface area contributed by atoms with Crippen molar-refractivity contribution in [3.63, 3.8) is 0 Å². The normalized spacial score (nSPS) is 10.5. The average Bonchev–Trinajstić information content (AvgIpc) is 2.38. The zero-order chi connectivity index (χ0) is 12.7. The van der Waals surface area contributed by atoms with Gasteiger partial charge >= 0.3 is 0 Å². The van der Waals surface area contributed by atoms with Gasteiger partial charge in [0.1, 0.15) is 0 Å². The second kappa shape index (κ2) is 6.99. The molecule has 0 aliphatic heterocycles. The highest BCUT2D eigenvalue weighted by Crippen LogP contribution is 2.13. The third kappa shape index (κ3) is 3.80. The molecule has 0 aliphatic carbocycles. The van der Waals surface area contributed by atoms with Gasteiger partial charge in [-0.25, -0.2) is 0 Å². The van der Waals surface area contributed by atoms with Crippen LogP contribution in [0.15, 0.2) is 42.5 Å². The first-order valence-electron chi connectivity index (χ1n) is 5.72. The third-order valence-corrected chi connectivity index (χ3v) is 2.25. The van der Waals surface area contributed by atoms with Crippen molar-refractivity contribution in [3.05, 3.63) is 48.0 Å². The molecule has 0 aromatic heterocycles. The monoisotopic (exact) mass is 234 g/mol. The Morgan fingerprint density at radius 1 is 1.18 bits per heavy atom. The Balaban J connectivity index is 2.77. The van der Waals surface area contributed by atoms with Gasteiger partial charge < -0.3 is 9.47 Å². The fourth-order valence-corrected chi connectivity index (χ4v) is 1.43. The highest BCUT2D eigenvalue weighted by molar-refractivity contribution is 6.08. The Labute approximate surface area is 102 Å². The minimum atomic E-state index is -0.655. The van der Waals surface area contributed by atoms with Crippen LogP contribution in [-0.4, -0.2) is 25.3 Å². The Morgan fingerprint density at radius 2 is 1.71 bits per heavy atom. The van der Waals surface area contributed by atoms with Gasteiger partial charge in [0.25, 0.3) is 0 Å². The molecule has 1 aromatic rings. The predicted molar refractivity (Wildman–Crippen MR) is 67.0 cm³/mol. The lowest BCUT2D eigenvalue weighted by Gasteiger charge is -2.18. The summed E-state index contributed by atoms with van der Waals surface area (Å²) in [5.41, 5.74) is 0.932. The van der Waals surface area contributed by atoms with E-state index >= 15 is 0 Å². The molecular weight excluding hydrogens is 216 g/mol. The van der Waals surface area contributed by atoms with E-state index in [2.05, 4.69) is 6.58 Å². The summed E-state index contributed by atoms with van der Waals surface area (Å²) < 4.78 is 10.7. The molecule has 0 N–H and O–H groups in total. The molecule has 0 unspecified atom stereocenters. The van der Waals surface area contributed by atoms with Gasteiger partial charge in [-0.2, -0.15) is 0 Å². The summed E-state index contributed by atoms with van der Waals surface area (Å²) in [4.78, 5) is 12.1. The molecule has 0 aliphatic rings. The summed E-state index contributed by atoms with van der Waals surface area (Å²) in [6.07, 6.45) is -0.655. The van der Waals surface area contributed by atoms with E-state index < -0.39 is 6.29 Å². The highest BCUT2D eigenvalue weighted by Gasteiger charge is 2.20. The molecule has 17 heavy (non-hydrogen) atoms. The van der Waals surface area contributed by atoms with Gasteiger partial charge in [0.05, 0.1) is 0 Å². The molecule has 3 nitrogen and oxygen atoms in total. The van der Waals surface area contributed by atoms with Crippen LogP contribution >= 0.6 is 0 Å². The third-order valence-electron chi connectivity index (χ3n) is 2.25. The van der Waals surface area contributed by atoms with Crippen molar-refractivity contribution in [3.8, 4) is 0 Å². The number of hydrogen-bond acceptors (Lipinski definition) is 3. The topological polar surface area (TPSA) is 35.5 Å². The molecule has 0 atom stereocenters. The Bertz CT molecular complexity index is 364. The van der Waals surface area contributed by atoms with E-state index in [0.29, 0.717) is 24.4 Å². The highest BCUT2D eigenvalue weighted by atomic mass is 16.7. The maximum absolute atomic E-state index is 12.1. The molecule has 1 rings (SSSR count). The van der Waals surface area contributed by atoms with Gasteiger partial charge in [-0.3, -0.25) is 4.79 Å². The zero-order valence-corrected chi connectivity index (χ0v) is 10.3. The van der Waals surface area contributed by atoms with Gasteiger partial charge in [-0.1, -0.05) is 36.9 Å². The van der Waals surface area contributed by atoms with Gasteiger partial charge in [-0.05, 0) is 13.8 Å². The molecule has 0 saturated carbocycles. The molecule has 0 amide bonds. The number of ether oxygens (including phenoxy) is 2. The van der Waals surface area contributed by atoms with E-state index in [1.165, 1.54) is 0 Å². The van der Waals surface area contributed by atoms with Crippen LogP contribution in [0.25, 0.3) is 0 Å². The molecular formula is C14H18O3. The Morgan fingerprint density at radius 3 is 2.18 bits per heavy atom. The van der Waals surface area contributed by atoms with E-state index in [-0.39, 0.29) is 5.78 Å². The van der Waals surface area contributed by atoms with E-state index in [9.17, 15) is 4.79 Å². The van der Waals surface area contributed by atoms with Crippen LogP contribution in [0, 0.1) is 0 Å². The fourth-order valence-electron chi connectivity index (χ4n) is 1.43. The van der Waals surface area contributed by atoms with Gasteiger partial charge in [0.2, 0.25) is 0 Å². The largest absolute Gasteiger partial charge is 0.349 e. The van der Waals surface area contributed by atoms with E-state index in [0.717, 1.165) is 0 Å². The maximum Gasteiger partial charge on any atom is 0.193 e. The number of rotatable bonds is 7. The van der Waals surface area contributed by atoms with Gasteiger partial charge in [0.15, 0.2) is 12.1 Å². The van der Waals surface area contributed by atoms with Crippen molar-refractivity contribution < 1.29 is 14.3 Å². The molecule has 92 valence electrons. The zero-order valence-electron chi connectivity index (χ0n) is 10.3. The number of carbonyl (C=O) groups excluding carboxylic acids is 1. The molecule has 1 aromatic carbocycles. The van der Waals surface area contributed by atoms with Gasteiger partial charge in [-0.15, -0.1) is 0 Å². The Kier molecular flexibility index (Phi) is 5.60. The number of hydrogen-bond donors (Lipinski definition) is 0. The summed E-state index contributed by atoms with van der Waals surface area (Å²) >= 11 is 0. The number of Topliss-reactive ketones (excluding diaryl/α,β-unsaturated/α-hetero) is 1. The minimum absolute atomic E-state index is 0.141. The molecule has 0 spiro atoms. The van der Waals surface area contributed by atoms with Crippen molar-refractivity contribution in [2.75, 3.05) is 13.2 Å². The summed E-state index contributed by atoms with van der Waals surface area (Å²) in [6, 6.07) is 9.00. The molecule has 3 heteroatoms. The lowest BCUT2D eigenvalue weighted by Crippen LogP contribution is -2.24. The number of carbonyl (C=O) groups is 1. The standard InChI is InChI=1S/C14H18O3/c1-4-16-14(17-5-2)11(3)13(15)12-9-7-6-8-10-12/h6-10,14H,3-5H2,1-2H3. The predicted octanol–water partition coefficient (Wildman–Crippen LogP) is 2.82. The lowest BCUT2D eigenvalue weighted by atomic mass is 10.0. The Hall–Kier alpha value is -1.45. The number of benzene rings is 1. The van der Waals surface area contributed by atoms with Crippen molar-refractivity contribution in [2.45, 2.75) is 20.1 Å². The SMILES string of the molecule is C=C(C(=O)c1ccccc1)C(OCC)OCC. The van der Waals surface area contributed by atoms with Crippen LogP contribution < -0.4 is 0 Å². The van der Waals surface area contributed by atoms with Crippen molar-refractivity contribution in [2.24, 2.45) is 0 Å². The fraction of sp³-hybridized carbons (Fsp3) is 0.357. The van der Waals surface area contributed by atoms with Crippen LogP contribution in [0.2, 0.25) is 0 Å². The van der Waals surface area contributed by atoms with E-state index in [4.69, 9.17) is 9.47 Å². The van der Waals surface area contributed by atoms with Crippen LogP contribution in [0.1, 0.15) is 24.2 Å². The summed E-state index contributed by atoms with van der Waals surface area (Å²) in [5.74, 6) is -0.141. The second-order valence-corrected chi connectivity index (χ2v) is 3.46. The quantitative estimate of drug-likeness (QED) is 0.413. The second-order valence-electron chi connectivity index (χ2n) is 3.46. The van der Waals surface area contributed by atoms with E-state index in [1.807, 2.05) is 32.0 Å². The summed E-state index contributed by atoms with van der Waals surface area (Å²) in [5, 5.41) is 0. The molecule has 0 saturated heterocycles. The first kappa shape index (κ1) is 13.6.